The van der Waals surface area contributed by atoms with Crippen molar-refractivity contribution in [2.45, 2.75) is 20.3 Å². The third-order valence-corrected chi connectivity index (χ3v) is 2.12. The molecule has 1 aliphatic rings. The van der Waals surface area contributed by atoms with E-state index < -0.39 is 0 Å². The summed E-state index contributed by atoms with van der Waals surface area (Å²) >= 11 is 0. The number of esters is 1. The predicted octanol–water partition coefficient (Wildman–Crippen LogP) is 1.76. The Morgan fingerprint density at radius 3 is 2.83 bits per heavy atom. The van der Waals surface area contributed by atoms with Gasteiger partial charge in [-0.15, -0.1) is 0 Å². The molecule has 0 aromatic heterocycles. The van der Waals surface area contributed by atoms with Crippen molar-refractivity contribution in [2.75, 3.05) is 0 Å². The molecule has 0 fully saturated rings. The van der Waals surface area contributed by atoms with E-state index in [-0.39, 0.29) is 5.97 Å². The zero-order valence-electron chi connectivity index (χ0n) is 7.18. The fraction of sp³-hybridized carbons (Fsp3) is 0.300. The summed E-state index contributed by atoms with van der Waals surface area (Å²) in [4.78, 5) is 10.9. The molecule has 62 valence electrons. The lowest BCUT2D eigenvalue weighted by molar-refractivity contribution is -0.131. The minimum absolute atomic E-state index is 0.140. The number of aryl methyl sites for hydroxylation is 2. The molecule has 0 saturated carbocycles. The highest BCUT2D eigenvalue weighted by Gasteiger charge is 2.21. The molecule has 1 heterocycles. The van der Waals surface area contributed by atoms with Crippen LogP contribution in [-0.4, -0.2) is 5.97 Å². The molecule has 0 unspecified atom stereocenters. The standard InChI is InChI=1S/C10H10O2/c1-6-3-7(2)8-5-10(11)12-9(8)4-6/h3-4H,5H2,1-2H3. The first-order chi connectivity index (χ1) is 5.66. The van der Waals surface area contributed by atoms with Crippen LogP contribution in [-0.2, 0) is 11.2 Å². The first kappa shape index (κ1) is 7.35. The first-order valence-corrected chi connectivity index (χ1v) is 3.97. The van der Waals surface area contributed by atoms with Crippen molar-refractivity contribution in [3.05, 3.63) is 28.8 Å². The number of ether oxygens (including phenoxy) is 1. The minimum Gasteiger partial charge on any atom is -0.426 e. The summed E-state index contributed by atoms with van der Waals surface area (Å²) in [5.41, 5.74) is 3.34. The Bertz CT molecular complexity index is 353. The van der Waals surface area contributed by atoms with E-state index in [2.05, 4.69) is 6.07 Å². The number of benzene rings is 1. The highest BCUT2D eigenvalue weighted by atomic mass is 16.5. The van der Waals surface area contributed by atoms with Gasteiger partial charge in [-0.25, -0.2) is 0 Å². The van der Waals surface area contributed by atoms with Gasteiger partial charge < -0.3 is 4.74 Å². The van der Waals surface area contributed by atoms with Crippen molar-refractivity contribution in [2.24, 2.45) is 0 Å². The van der Waals surface area contributed by atoms with Crippen LogP contribution in [0.4, 0.5) is 0 Å². The number of carbonyl (C=O) groups excluding carboxylic acids is 1. The predicted molar refractivity (Wildman–Crippen MR) is 45.3 cm³/mol. The van der Waals surface area contributed by atoms with E-state index >= 15 is 0 Å². The summed E-state index contributed by atoms with van der Waals surface area (Å²) in [5, 5.41) is 0. The van der Waals surface area contributed by atoms with Crippen molar-refractivity contribution < 1.29 is 9.53 Å². The number of hydrogen-bond acceptors (Lipinski definition) is 2. The van der Waals surface area contributed by atoms with E-state index in [9.17, 15) is 4.79 Å². The average molecular weight is 162 g/mol. The highest BCUT2D eigenvalue weighted by molar-refractivity contribution is 5.81. The van der Waals surface area contributed by atoms with Crippen molar-refractivity contribution in [3.8, 4) is 5.75 Å². The van der Waals surface area contributed by atoms with Crippen LogP contribution in [0.15, 0.2) is 12.1 Å². The molecule has 2 nitrogen and oxygen atoms in total. The summed E-state index contributed by atoms with van der Waals surface area (Å²) in [6.45, 7) is 4.01. The van der Waals surface area contributed by atoms with Gasteiger partial charge in [-0.3, -0.25) is 4.79 Å². The summed E-state index contributed by atoms with van der Waals surface area (Å²) in [7, 11) is 0. The monoisotopic (exact) mass is 162 g/mol. The van der Waals surface area contributed by atoms with Crippen LogP contribution in [0.25, 0.3) is 0 Å². The van der Waals surface area contributed by atoms with Gasteiger partial charge in [0.05, 0.1) is 6.42 Å². The lowest BCUT2D eigenvalue weighted by Crippen LogP contribution is -2.00. The Morgan fingerprint density at radius 2 is 2.08 bits per heavy atom. The maximum atomic E-state index is 10.9. The van der Waals surface area contributed by atoms with E-state index in [1.807, 2.05) is 19.9 Å². The normalized spacial score (nSPS) is 14.3. The molecule has 0 saturated heterocycles. The van der Waals surface area contributed by atoms with Gasteiger partial charge in [-0.05, 0) is 31.0 Å². The third kappa shape index (κ3) is 0.998. The molecule has 2 heteroatoms. The fourth-order valence-electron chi connectivity index (χ4n) is 1.58. The molecule has 0 N–H and O–H groups in total. The second kappa shape index (κ2) is 2.34. The molecule has 0 radical (unpaired) electrons. The Morgan fingerprint density at radius 1 is 1.33 bits per heavy atom. The van der Waals surface area contributed by atoms with Crippen LogP contribution in [0, 0.1) is 13.8 Å². The molecule has 0 bridgehead atoms. The Labute approximate surface area is 71.2 Å². The van der Waals surface area contributed by atoms with Crippen LogP contribution in [0.3, 0.4) is 0 Å². The van der Waals surface area contributed by atoms with Crippen molar-refractivity contribution in [1.82, 2.24) is 0 Å². The second-order valence-electron chi connectivity index (χ2n) is 3.21. The molecule has 0 atom stereocenters. The van der Waals surface area contributed by atoms with Crippen molar-refractivity contribution >= 4 is 5.97 Å². The molecular formula is C10H10O2. The molecule has 1 aromatic carbocycles. The summed E-state index contributed by atoms with van der Waals surface area (Å²) in [6, 6.07) is 3.98. The van der Waals surface area contributed by atoms with E-state index in [4.69, 9.17) is 4.74 Å². The molecule has 1 aromatic rings. The molecule has 0 spiro atoms. The molecular weight excluding hydrogens is 152 g/mol. The third-order valence-electron chi connectivity index (χ3n) is 2.12. The van der Waals surface area contributed by atoms with Crippen LogP contribution < -0.4 is 4.74 Å². The molecule has 2 rings (SSSR count). The molecule has 12 heavy (non-hydrogen) atoms. The second-order valence-corrected chi connectivity index (χ2v) is 3.21. The highest BCUT2D eigenvalue weighted by Crippen LogP contribution is 2.29. The van der Waals surface area contributed by atoms with Crippen LogP contribution in [0.1, 0.15) is 16.7 Å². The van der Waals surface area contributed by atoms with E-state index in [0.29, 0.717) is 6.42 Å². The van der Waals surface area contributed by atoms with Gasteiger partial charge >= 0.3 is 5.97 Å². The summed E-state index contributed by atoms with van der Waals surface area (Å²) in [6.07, 6.45) is 0.432. The van der Waals surface area contributed by atoms with Gasteiger partial charge in [0.2, 0.25) is 0 Å². The zero-order chi connectivity index (χ0) is 8.72. The SMILES string of the molecule is Cc1cc(C)c2c(c1)OC(=O)C2. The van der Waals surface area contributed by atoms with Crippen molar-refractivity contribution in [3.63, 3.8) is 0 Å². The van der Waals surface area contributed by atoms with Gasteiger partial charge in [0.1, 0.15) is 5.75 Å². The largest absolute Gasteiger partial charge is 0.426 e. The van der Waals surface area contributed by atoms with Gasteiger partial charge in [0.25, 0.3) is 0 Å². The van der Waals surface area contributed by atoms with Crippen LogP contribution in [0.2, 0.25) is 0 Å². The molecule has 0 amide bonds. The molecule has 0 aliphatic carbocycles. The van der Waals surface area contributed by atoms with Gasteiger partial charge in [-0.1, -0.05) is 6.07 Å². The Kier molecular flexibility index (Phi) is 1.43. The maximum Gasteiger partial charge on any atom is 0.315 e. The number of hydrogen-bond donors (Lipinski definition) is 0. The molecule has 1 aliphatic heterocycles. The summed E-state index contributed by atoms with van der Waals surface area (Å²) < 4.78 is 5.03. The van der Waals surface area contributed by atoms with Gasteiger partial charge in [0, 0.05) is 5.56 Å². The summed E-state index contributed by atoms with van der Waals surface area (Å²) in [5.74, 6) is 0.608. The zero-order valence-corrected chi connectivity index (χ0v) is 7.18. The minimum atomic E-state index is -0.140. The lowest BCUT2D eigenvalue weighted by atomic mass is 10.0. The van der Waals surface area contributed by atoms with Crippen LogP contribution in [0.5, 0.6) is 5.75 Å². The first-order valence-electron chi connectivity index (χ1n) is 3.97. The number of carbonyl (C=O) groups is 1. The lowest BCUT2D eigenvalue weighted by Gasteiger charge is -2.02. The van der Waals surface area contributed by atoms with Gasteiger partial charge in [-0.2, -0.15) is 0 Å². The van der Waals surface area contributed by atoms with E-state index in [1.165, 1.54) is 0 Å². The van der Waals surface area contributed by atoms with Gasteiger partial charge in [0.15, 0.2) is 0 Å². The van der Waals surface area contributed by atoms with Crippen molar-refractivity contribution in [1.29, 1.82) is 0 Å². The number of fused-ring (bicyclic) bond motifs is 1. The maximum absolute atomic E-state index is 10.9. The van der Waals surface area contributed by atoms with E-state index in [1.54, 1.807) is 0 Å². The quantitative estimate of drug-likeness (QED) is 0.429. The van der Waals surface area contributed by atoms with Crippen LogP contribution >= 0.6 is 0 Å². The Balaban J connectivity index is 2.59. The topological polar surface area (TPSA) is 26.3 Å². The number of rotatable bonds is 0. The smallest absolute Gasteiger partial charge is 0.315 e. The Hall–Kier alpha value is -1.31. The van der Waals surface area contributed by atoms with E-state index in [0.717, 1.165) is 22.4 Å². The fourth-order valence-corrected chi connectivity index (χ4v) is 1.58. The average Bonchev–Trinajstić information content (AvgIpc) is 2.29.